The smallest absolute Gasteiger partial charge is 0.227 e. The van der Waals surface area contributed by atoms with Gasteiger partial charge in [0.05, 0.1) is 13.5 Å². The number of hydrogen-bond acceptors (Lipinski definition) is 3. The molecule has 3 atom stereocenters. The maximum atomic E-state index is 12.9. The Morgan fingerprint density at radius 3 is 2.74 bits per heavy atom. The van der Waals surface area contributed by atoms with E-state index in [9.17, 15) is 9.59 Å². The number of para-hydroxylation sites is 1. The van der Waals surface area contributed by atoms with Gasteiger partial charge in [-0.1, -0.05) is 32.0 Å². The molecule has 5 nitrogen and oxygen atoms in total. The van der Waals surface area contributed by atoms with E-state index >= 15 is 0 Å². The van der Waals surface area contributed by atoms with Crippen LogP contribution in [0.3, 0.4) is 0 Å². The lowest BCUT2D eigenvalue weighted by Gasteiger charge is -2.48. The summed E-state index contributed by atoms with van der Waals surface area (Å²) >= 11 is 0. The summed E-state index contributed by atoms with van der Waals surface area (Å²) in [5, 5.41) is 0. The van der Waals surface area contributed by atoms with Crippen LogP contribution in [0.1, 0.15) is 45.1 Å². The number of carbonyl (C=O) groups excluding carboxylic acids is 2. The quantitative estimate of drug-likeness (QED) is 0.798. The van der Waals surface area contributed by atoms with Crippen molar-refractivity contribution in [1.29, 1.82) is 0 Å². The number of hydrogen-bond donors (Lipinski definition) is 0. The van der Waals surface area contributed by atoms with Crippen molar-refractivity contribution in [3.63, 3.8) is 0 Å². The molecule has 1 aromatic rings. The predicted molar refractivity (Wildman–Crippen MR) is 106 cm³/mol. The van der Waals surface area contributed by atoms with Crippen molar-refractivity contribution >= 4 is 11.8 Å². The molecule has 5 heteroatoms. The van der Waals surface area contributed by atoms with E-state index in [4.69, 9.17) is 4.74 Å². The zero-order valence-corrected chi connectivity index (χ0v) is 16.8. The lowest BCUT2D eigenvalue weighted by molar-refractivity contribution is -0.144. The van der Waals surface area contributed by atoms with E-state index in [1.165, 1.54) is 0 Å². The molecule has 2 fully saturated rings. The van der Waals surface area contributed by atoms with E-state index in [1.54, 1.807) is 7.11 Å². The summed E-state index contributed by atoms with van der Waals surface area (Å²) in [7, 11) is 1.64. The van der Waals surface area contributed by atoms with Gasteiger partial charge in [0, 0.05) is 37.2 Å². The van der Waals surface area contributed by atoms with E-state index in [0.717, 1.165) is 56.6 Å². The molecule has 0 spiro atoms. The second-order valence-electron chi connectivity index (χ2n) is 7.93. The number of benzene rings is 1. The highest BCUT2D eigenvalue weighted by Crippen LogP contribution is 2.32. The number of likely N-dealkylation sites (tertiary alicyclic amines) is 2. The summed E-state index contributed by atoms with van der Waals surface area (Å²) in [5.74, 6) is 1.71. The van der Waals surface area contributed by atoms with Gasteiger partial charge in [-0.05, 0) is 37.7 Å². The lowest BCUT2D eigenvalue weighted by Crippen LogP contribution is -2.57. The number of rotatable bonds is 5. The molecule has 2 aliphatic heterocycles. The number of fused-ring (bicyclic) bond motifs is 1. The molecule has 0 saturated carbocycles. The first-order valence-corrected chi connectivity index (χ1v) is 10.2. The van der Waals surface area contributed by atoms with Gasteiger partial charge in [-0.15, -0.1) is 0 Å². The Bertz CT molecular complexity index is 675. The fraction of sp³-hybridized carbons (Fsp3) is 0.636. The first-order valence-electron chi connectivity index (χ1n) is 10.2. The summed E-state index contributed by atoms with van der Waals surface area (Å²) in [6, 6.07) is 8.01. The molecule has 2 aliphatic rings. The van der Waals surface area contributed by atoms with Crippen LogP contribution in [0, 0.1) is 11.8 Å². The first-order chi connectivity index (χ1) is 13.0. The van der Waals surface area contributed by atoms with Gasteiger partial charge >= 0.3 is 0 Å². The average molecular weight is 373 g/mol. The van der Waals surface area contributed by atoms with Crippen molar-refractivity contribution in [2.24, 2.45) is 11.8 Å². The van der Waals surface area contributed by atoms with E-state index in [2.05, 4.69) is 11.8 Å². The molecule has 148 valence electrons. The maximum Gasteiger partial charge on any atom is 0.227 e. The third-order valence-electron chi connectivity index (χ3n) is 6.27. The van der Waals surface area contributed by atoms with Crippen LogP contribution in [0.4, 0.5) is 0 Å². The Labute approximate surface area is 162 Å². The van der Waals surface area contributed by atoms with E-state index in [-0.39, 0.29) is 11.8 Å². The van der Waals surface area contributed by atoms with Crippen molar-refractivity contribution in [3.05, 3.63) is 29.8 Å². The summed E-state index contributed by atoms with van der Waals surface area (Å²) in [6.07, 6.45) is 4.29. The number of nitrogens with zero attached hydrogens (tertiary/aromatic N) is 2. The van der Waals surface area contributed by atoms with Crippen molar-refractivity contribution in [2.75, 3.05) is 26.7 Å². The summed E-state index contributed by atoms with van der Waals surface area (Å²) in [6.45, 7) is 6.48. The number of ether oxygens (including phenoxy) is 1. The van der Waals surface area contributed by atoms with Crippen LogP contribution in [-0.2, 0) is 16.0 Å². The van der Waals surface area contributed by atoms with Crippen LogP contribution in [0.2, 0.25) is 0 Å². The number of carbonyl (C=O) groups is 2. The minimum Gasteiger partial charge on any atom is -0.496 e. The number of methoxy groups -OCH3 is 1. The Morgan fingerprint density at radius 2 is 2.00 bits per heavy atom. The molecule has 2 amide bonds. The third kappa shape index (κ3) is 4.28. The van der Waals surface area contributed by atoms with Crippen LogP contribution in [0.15, 0.2) is 24.3 Å². The van der Waals surface area contributed by atoms with Crippen LogP contribution in [0.25, 0.3) is 0 Å². The Balaban J connectivity index is 1.64. The highest BCUT2D eigenvalue weighted by Gasteiger charge is 2.39. The topological polar surface area (TPSA) is 49.9 Å². The van der Waals surface area contributed by atoms with Gasteiger partial charge in [0.1, 0.15) is 5.75 Å². The standard InChI is InChI=1S/C22H32N2O3/c1-4-16(2)22(26)24-12-7-9-18-15-23(13-11-19(18)24)21(25)14-17-8-5-6-10-20(17)27-3/h5-6,8,10,16,18-19H,4,7,9,11-15H2,1-3H3/t16?,18-,19-/m1/s1. The van der Waals surface area contributed by atoms with Gasteiger partial charge in [-0.25, -0.2) is 0 Å². The lowest BCUT2D eigenvalue weighted by atomic mass is 9.83. The molecular formula is C22H32N2O3. The van der Waals surface area contributed by atoms with E-state index in [0.29, 0.717) is 24.3 Å². The van der Waals surface area contributed by atoms with Crippen LogP contribution in [0.5, 0.6) is 5.75 Å². The molecule has 0 aliphatic carbocycles. The zero-order valence-electron chi connectivity index (χ0n) is 16.8. The Morgan fingerprint density at radius 1 is 1.22 bits per heavy atom. The van der Waals surface area contributed by atoms with Crippen molar-refractivity contribution in [1.82, 2.24) is 9.80 Å². The number of amides is 2. The molecule has 0 bridgehead atoms. The Kier molecular flexibility index (Phi) is 6.40. The van der Waals surface area contributed by atoms with E-state index in [1.807, 2.05) is 36.1 Å². The summed E-state index contributed by atoms with van der Waals surface area (Å²) in [5.41, 5.74) is 0.935. The van der Waals surface area contributed by atoms with Crippen molar-refractivity contribution < 1.29 is 14.3 Å². The van der Waals surface area contributed by atoms with Crippen molar-refractivity contribution in [2.45, 2.75) is 52.0 Å². The molecular weight excluding hydrogens is 340 g/mol. The van der Waals surface area contributed by atoms with Gasteiger partial charge in [0.2, 0.25) is 11.8 Å². The fourth-order valence-corrected chi connectivity index (χ4v) is 4.49. The Hall–Kier alpha value is -2.04. The monoisotopic (exact) mass is 372 g/mol. The first kappa shape index (κ1) is 19.7. The third-order valence-corrected chi connectivity index (χ3v) is 6.27. The second-order valence-corrected chi connectivity index (χ2v) is 7.93. The minimum atomic E-state index is 0.0916. The second kappa shape index (κ2) is 8.77. The average Bonchev–Trinajstić information content (AvgIpc) is 2.72. The van der Waals surface area contributed by atoms with E-state index < -0.39 is 0 Å². The predicted octanol–water partition coefficient (Wildman–Crippen LogP) is 3.12. The highest BCUT2D eigenvalue weighted by atomic mass is 16.5. The van der Waals surface area contributed by atoms with Crippen LogP contribution < -0.4 is 4.74 Å². The fourth-order valence-electron chi connectivity index (χ4n) is 4.49. The van der Waals surface area contributed by atoms with Gasteiger partial charge < -0.3 is 14.5 Å². The normalized spacial score (nSPS) is 23.5. The molecule has 0 aromatic heterocycles. The molecule has 3 rings (SSSR count). The highest BCUT2D eigenvalue weighted by molar-refractivity contribution is 5.80. The molecule has 27 heavy (non-hydrogen) atoms. The van der Waals surface area contributed by atoms with Crippen LogP contribution >= 0.6 is 0 Å². The molecule has 0 N–H and O–H groups in total. The molecule has 1 aromatic carbocycles. The number of piperidine rings is 2. The van der Waals surface area contributed by atoms with Gasteiger partial charge in [-0.2, -0.15) is 0 Å². The van der Waals surface area contributed by atoms with Gasteiger partial charge in [0.25, 0.3) is 0 Å². The SMILES string of the molecule is CCC(C)C(=O)N1CCC[C@@H]2CN(C(=O)Cc3ccccc3OC)CC[C@H]21. The van der Waals surface area contributed by atoms with Gasteiger partial charge in [-0.3, -0.25) is 9.59 Å². The minimum absolute atomic E-state index is 0.0916. The summed E-state index contributed by atoms with van der Waals surface area (Å²) < 4.78 is 5.38. The molecule has 2 saturated heterocycles. The largest absolute Gasteiger partial charge is 0.496 e. The zero-order chi connectivity index (χ0) is 19.4. The maximum absolute atomic E-state index is 12.9. The van der Waals surface area contributed by atoms with Crippen LogP contribution in [-0.4, -0.2) is 54.4 Å². The van der Waals surface area contributed by atoms with Crippen molar-refractivity contribution in [3.8, 4) is 5.75 Å². The summed E-state index contributed by atoms with van der Waals surface area (Å²) in [4.78, 5) is 29.7. The molecule has 2 heterocycles. The molecule has 1 unspecified atom stereocenters. The molecule has 0 radical (unpaired) electrons. The van der Waals surface area contributed by atoms with Gasteiger partial charge in [0.15, 0.2) is 0 Å².